The van der Waals surface area contributed by atoms with Gasteiger partial charge in [0, 0.05) is 42.6 Å². The molecule has 0 aliphatic carbocycles. The van der Waals surface area contributed by atoms with Crippen molar-refractivity contribution >= 4 is 28.9 Å². The first-order valence-electron chi connectivity index (χ1n) is 8.62. The second-order valence-corrected chi connectivity index (χ2v) is 6.97. The van der Waals surface area contributed by atoms with E-state index in [2.05, 4.69) is 47.2 Å². The Kier molecular flexibility index (Phi) is 5.61. The van der Waals surface area contributed by atoms with Gasteiger partial charge in [-0.1, -0.05) is 23.7 Å². The van der Waals surface area contributed by atoms with Gasteiger partial charge in [-0.25, -0.2) is 0 Å². The molecule has 2 aromatic rings. The van der Waals surface area contributed by atoms with Crippen molar-refractivity contribution in [2.45, 2.75) is 13.8 Å². The molecule has 1 saturated heterocycles. The summed E-state index contributed by atoms with van der Waals surface area (Å²) >= 11 is 5.86. The lowest BCUT2D eigenvalue weighted by Gasteiger charge is -2.36. The minimum atomic E-state index is 0.0162. The molecule has 25 heavy (non-hydrogen) atoms. The van der Waals surface area contributed by atoms with Crippen molar-refractivity contribution in [2.75, 3.05) is 42.9 Å². The lowest BCUT2D eigenvalue weighted by molar-refractivity contribution is -0.117. The molecule has 2 aromatic carbocycles. The molecule has 0 bridgehead atoms. The first-order valence-corrected chi connectivity index (χ1v) is 8.99. The summed E-state index contributed by atoms with van der Waals surface area (Å²) < 4.78 is 0. The summed E-state index contributed by atoms with van der Waals surface area (Å²) in [4.78, 5) is 16.8. The predicted octanol–water partition coefficient (Wildman–Crippen LogP) is 3.72. The molecule has 5 heteroatoms. The fraction of sp³-hybridized carbons (Fsp3) is 0.350. The second-order valence-electron chi connectivity index (χ2n) is 6.54. The summed E-state index contributed by atoms with van der Waals surface area (Å²) in [5.41, 5.74) is 4.76. The summed E-state index contributed by atoms with van der Waals surface area (Å²) in [6, 6.07) is 13.6. The van der Waals surface area contributed by atoms with E-state index >= 15 is 0 Å². The van der Waals surface area contributed by atoms with Crippen LogP contribution in [0.25, 0.3) is 0 Å². The van der Waals surface area contributed by atoms with Crippen molar-refractivity contribution in [1.82, 2.24) is 4.90 Å². The van der Waals surface area contributed by atoms with Gasteiger partial charge in [0.2, 0.25) is 5.91 Å². The number of anilines is 2. The zero-order valence-electron chi connectivity index (χ0n) is 14.8. The lowest BCUT2D eigenvalue weighted by atomic mass is 10.1. The summed E-state index contributed by atoms with van der Waals surface area (Å²) in [5, 5.41) is 3.59. The fourth-order valence-electron chi connectivity index (χ4n) is 3.16. The molecule has 1 aliphatic heterocycles. The first-order chi connectivity index (χ1) is 12.0. The highest BCUT2D eigenvalue weighted by molar-refractivity contribution is 6.30. The Bertz CT molecular complexity index is 737. The van der Waals surface area contributed by atoms with E-state index in [9.17, 15) is 4.79 Å². The summed E-state index contributed by atoms with van der Waals surface area (Å²) in [5.74, 6) is 0.0162. The van der Waals surface area contributed by atoms with Crippen LogP contribution in [0.3, 0.4) is 0 Å². The molecule has 1 heterocycles. The van der Waals surface area contributed by atoms with Gasteiger partial charge < -0.3 is 10.2 Å². The van der Waals surface area contributed by atoms with Gasteiger partial charge >= 0.3 is 0 Å². The van der Waals surface area contributed by atoms with Crippen molar-refractivity contribution in [3.63, 3.8) is 0 Å². The van der Waals surface area contributed by atoms with Crippen molar-refractivity contribution in [2.24, 2.45) is 0 Å². The molecule has 0 aromatic heterocycles. The van der Waals surface area contributed by atoms with E-state index in [1.54, 1.807) is 12.1 Å². The van der Waals surface area contributed by atoms with Crippen LogP contribution >= 0.6 is 11.6 Å². The van der Waals surface area contributed by atoms with E-state index in [0.29, 0.717) is 11.6 Å². The number of benzene rings is 2. The zero-order valence-corrected chi connectivity index (χ0v) is 15.5. The van der Waals surface area contributed by atoms with Crippen LogP contribution in [0.1, 0.15) is 11.1 Å². The molecule has 1 N–H and O–H groups in total. The topological polar surface area (TPSA) is 35.6 Å². The Morgan fingerprint density at radius 1 is 1.04 bits per heavy atom. The Morgan fingerprint density at radius 3 is 2.40 bits per heavy atom. The summed E-state index contributed by atoms with van der Waals surface area (Å²) in [6.45, 7) is 8.41. The molecular formula is C20H24ClN3O. The highest BCUT2D eigenvalue weighted by atomic mass is 35.5. The van der Waals surface area contributed by atoms with E-state index in [-0.39, 0.29) is 5.91 Å². The van der Waals surface area contributed by atoms with E-state index in [4.69, 9.17) is 11.6 Å². The number of nitrogens with zero attached hydrogens (tertiary/aromatic N) is 2. The minimum absolute atomic E-state index is 0.0162. The molecule has 1 amide bonds. The van der Waals surface area contributed by atoms with Gasteiger partial charge in [-0.3, -0.25) is 9.69 Å². The Morgan fingerprint density at radius 2 is 1.72 bits per heavy atom. The van der Waals surface area contributed by atoms with Gasteiger partial charge in [0.15, 0.2) is 0 Å². The molecule has 3 rings (SSSR count). The fourth-order valence-corrected chi connectivity index (χ4v) is 3.29. The number of piperazine rings is 1. The lowest BCUT2D eigenvalue weighted by Crippen LogP contribution is -2.48. The molecule has 1 aliphatic rings. The molecule has 0 unspecified atom stereocenters. The van der Waals surface area contributed by atoms with Crippen LogP contribution in [0.15, 0.2) is 42.5 Å². The van der Waals surface area contributed by atoms with Crippen LogP contribution in [-0.4, -0.2) is 43.5 Å². The third kappa shape index (κ3) is 4.53. The predicted molar refractivity (Wildman–Crippen MR) is 105 cm³/mol. The molecule has 0 atom stereocenters. The number of hydrogen-bond donors (Lipinski definition) is 1. The average molecular weight is 358 g/mol. The smallest absolute Gasteiger partial charge is 0.238 e. The van der Waals surface area contributed by atoms with Crippen molar-refractivity contribution < 1.29 is 4.79 Å². The van der Waals surface area contributed by atoms with E-state index in [1.807, 2.05) is 12.1 Å². The van der Waals surface area contributed by atoms with Crippen LogP contribution in [0.5, 0.6) is 0 Å². The molecule has 0 spiro atoms. The highest BCUT2D eigenvalue weighted by Crippen LogP contribution is 2.23. The van der Waals surface area contributed by atoms with Crippen molar-refractivity contribution in [3.05, 3.63) is 58.6 Å². The van der Waals surface area contributed by atoms with Crippen molar-refractivity contribution in [3.8, 4) is 0 Å². The molecule has 1 fully saturated rings. The van der Waals surface area contributed by atoms with Crippen molar-refractivity contribution in [1.29, 1.82) is 0 Å². The molecule has 132 valence electrons. The number of aryl methyl sites for hydroxylation is 1. The van der Waals surface area contributed by atoms with Gasteiger partial charge in [-0.2, -0.15) is 0 Å². The SMILES string of the molecule is Cc1cccc(N2CCN(CC(=O)Nc3ccc(Cl)cc3)CC2)c1C. The number of halogens is 1. The van der Waals surface area contributed by atoms with Crippen LogP contribution in [-0.2, 0) is 4.79 Å². The molecule has 0 radical (unpaired) electrons. The van der Waals surface area contributed by atoms with Gasteiger partial charge in [-0.05, 0) is 55.3 Å². The Labute approximate surface area is 154 Å². The number of carbonyl (C=O) groups excluding carboxylic acids is 1. The standard InChI is InChI=1S/C20H24ClN3O/c1-15-4-3-5-19(16(15)2)24-12-10-23(11-13-24)14-20(25)22-18-8-6-17(21)7-9-18/h3-9H,10-14H2,1-2H3,(H,22,25). The maximum atomic E-state index is 12.2. The van der Waals surface area contributed by atoms with Crippen LogP contribution in [0.2, 0.25) is 5.02 Å². The van der Waals surface area contributed by atoms with Gasteiger partial charge in [-0.15, -0.1) is 0 Å². The Hall–Kier alpha value is -2.04. The maximum Gasteiger partial charge on any atom is 0.238 e. The summed E-state index contributed by atoms with van der Waals surface area (Å²) in [6.07, 6.45) is 0. The largest absolute Gasteiger partial charge is 0.369 e. The number of rotatable bonds is 4. The number of nitrogens with one attached hydrogen (secondary N) is 1. The van der Waals surface area contributed by atoms with Crippen LogP contribution in [0, 0.1) is 13.8 Å². The number of hydrogen-bond acceptors (Lipinski definition) is 3. The minimum Gasteiger partial charge on any atom is -0.369 e. The summed E-state index contributed by atoms with van der Waals surface area (Å²) in [7, 11) is 0. The molecule has 4 nitrogen and oxygen atoms in total. The highest BCUT2D eigenvalue weighted by Gasteiger charge is 2.20. The van der Waals surface area contributed by atoms with Gasteiger partial charge in [0.05, 0.1) is 6.54 Å². The number of carbonyl (C=O) groups is 1. The molecular weight excluding hydrogens is 334 g/mol. The maximum absolute atomic E-state index is 12.2. The molecule has 0 saturated carbocycles. The third-order valence-corrected chi connectivity index (χ3v) is 5.04. The van der Waals surface area contributed by atoms with E-state index in [1.165, 1.54) is 16.8 Å². The van der Waals surface area contributed by atoms with E-state index in [0.717, 1.165) is 31.9 Å². The normalized spacial score (nSPS) is 15.2. The second kappa shape index (κ2) is 7.89. The van der Waals surface area contributed by atoms with Gasteiger partial charge in [0.1, 0.15) is 0 Å². The Balaban J connectivity index is 1.51. The van der Waals surface area contributed by atoms with Gasteiger partial charge in [0.25, 0.3) is 0 Å². The quantitative estimate of drug-likeness (QED) is 0.905. The van der Waals surface area contributed by atoms with Crippen LogP contribution in [0.4, 0.5) is 11.4 Å². The van der Waals surface area contributed by atoms with E-state index < -0.39 is 0 Å². The average Bonchev–Trinajstić information content (AvgIpc) is 2.60. The number of amides is 1. The first kappa shape index (κ1) is 17.8. The van der Waals surface area contributed by atoms with Crippen LogP contribution < -0.4 is 10.2 Å². The zero-order chi connectivity index (χ0) is 17.8. The third-order valence-electron chi connectivity index (χ3n) is 4.78. The monoisotopic (exact) mass is 357 g/mol.